The van der Waals surface area contributed by atoms with E-state index < -0.39 is 0 Å². The molecule has 6 heteroatoms. The van der Waals surface area contributed by atoms with Gasteiger partial charge in [0.05, 0.1) is 7.11 Å². The third-order valence-electron chi connectivity index (χ3n) is 2.48. The molecule has 0 fully saturated rings. The highest BCUT2D eigenvalue weighted by Gasteiger charge is 2.10. The number of aryl methyl sites for hydroxylation is 1. The number of anilines is 3. The van der Waals surface area contributed by atoms with Crippen LogP contribution in [0.5, 0.6) is 5.75 Å². The smallest absolute Gasteiger partial charge is 0.204 e. The minimum atomic E-state index is -0.285. The van der Waals surface area contributed by atoms with Crippen molar-refractivity contribution in [3.8, 4) is 5.75 Å². The number of benzene rings is 1. The second-order valence-corrected chi connectivity index (χ2v) is 3.73. The van der Waals surface area contributed by atoms with Crippen molar-refractivity contribution in [2.24, 2.45) is 0 Å². The van der Waals surface area contributed by atoms with E-state index in [4.69, 9.17) is 10.5 Å². The molecule has 0 atom stereocenters. The van der Waals surface area contributed by atoms with Crippen LogP contribution >= 0.6 is 0 Å². The fourth-order valence-electron chi connectivity index (χ4n) is 1.57. The molecule has 0 saturated carbocycles. The van der Waals surface area contributed by atoms with E-state index in [2.05, 4.69) is 15.3 Å². The largest absolute Gasteiger partial charge is 0.490 e. The number of nitrogen functional groups attached to an aromatic ring is 1. The van der Waals surface area contributed by atoms with Crippen LogP contribution in [-0.4, -0.2) is 17.1 Å². The third-order valence-corrected chi connectivity index (χ3v) is 2.48. The van der Waals surface area contributed by atoms with Crippen molar-refractivity contribution in [2.75, 3.05) is 18.2 Å². The van der Waals surface area contributed by atoms with Crippen LogP contribution < -0.4 is 15.8 Å². The number of hydrogen-bond acceptors (Lipinski definition) is 5. The summed E-state index contributed by atoms with van der Waals surface area (Å²) in [5, 5.41) is 3.04. The van der Waals surface area contributed by atoms with Gasteiger partial charge in [-0.2, -0.15) is 0 Å². The molecule has 1 heterocycles. The first-order valence-electron chi connectivity index (χ1n) is 5.29. The normalized spacial score (nSPS) is 10.2. The minimum absolute atomic E-state index is 0.245. The summed E-state index contributed by atoms with van der Waals surface area (Å²) in [6, 6.07) is 4.42. The van der Waals surface area contributed by atoms with Crippen molar-refractivity contribution in [3.05, 3.63) is 35.9 Å². The Hall–Kier alpha value is -2.37. The predicted molar refractivity (Wildman–Crippen MR) is 67.4 cm³/mol. The summed E-state index contributed by atoms with van der Waals surface area (Å²) in [4.78, 5) is 7.88. The van der Waals surface area contributed by atoms with Crippen LogP contribution in [0.4, 0.5) is 21.7 Å². The van der Waals surface area contributed by atoms with Gasteiger partial charge in [-0.3, -0.25) is 0 Å². The van der Waals surface area contributed by atoms with Crippen molar-refractivity contribution in [2.45, 2.75) is 6.92 Å². The Morgan fingerprint density at radius 3 is 2.78 bits per heavy atom. The van der Waals surface area contributed by atoms with E-state index in [1.807, 2.05) is 0 Å². The Morgan fingerprint density at radius 2 is 2.11 bits per heavy atom. The first-order valence-corrected chi connectivity index (χ1v) is 5.29. The lowest BCUT2D eigenvalue weighted by atomic mass is 10.2. The average molecular weight is 248 g/mol. The van der Waals surface area contributed by atoms with E-state index in [0.29, 0.717) is 11.6 Å². The van der Waals surface area contributed by atoms with Gasteiger partial charge in [-0.15, -0.1) is 0 Å². The number of nitrogens with zero attached hydrogens (tertiary/aromatic N) is 2. The first kappa shape index (κ1) is 12.1. The van der Waals surface area contributed by atoms with E-state index in [0.717, 1.165) is 11.3 Å². The molecule has 0 aliphatic heterocycles. The van der Waals surface area contributed by atoms with E-state index in [1.54, 1.807) is 13.0 Å². The Kier molecular flexibility index (Phi) is 3.27. The van der Waals surface area contributed by atoms with Crippen LogP contribution in [0.25, 0.3) is 0 Å². The number of nitrogens with one attached hydrogen (secondary N) is 1. The van der Waals surface area contributed by atoms with Crippen molar-refractivity contribution in [3.63, 3.8) is 0 Å². The summed E-state index contributed by atoms with van der Waals surface area (Å²) in [7, 11) is 1.48. The summed E-state index contributed by atoms with van der Waals surface area (Å²) in [5.41, 5.74) is 7.16. The SMILES string of the molecule is COc1c(N)ncnc1Nc1ccc(F)cc1C. The number of nitrogens with two attached hydrogens (primary N) is 1. The molecule has 0 aliphatic rings. The predicted octanol–water partition coefficient (Wildman–Crippen LogP) is 2.26. The van der Waals surface area contributed by atoms with E-state index in [-0.39, 0.29) is 11.6 Å². The van der Waals surface area contributed by atoms with Crippen LogP contribution in [0.3, 0.4) is 0 Å². The molecule has 5 nitrogen and oxygen atoms in total. The number of rotatable bonds is 3. The number of methoxy groups -OCH3 is 1. The first-order chi connectivity index (χ1) is 8.61. The van der Waals surface area contributed by atoms with Gasteiger partial charge in [-0.1, -0.05) is 0 Å². The monoisotopic (exact) mass is 248 g/mol. The van der Waals surface area contributed by atoms with Crippen LogP contribution in [0.2, 0.25) is 0 Å². The molecule has 0 aliphatic carbocycles. The van der Waals surface area contributed by atoms with Gasteiger partial charge in [0.2, 0.25) is 5.75 Å². The standard InChI is InChI=1S/C12H13FN4O/c1-7-5-8(13)3-4-9(7)17-12-10(18-2)11(14)15-6-16-12/h3-6H,1-2H3,(H3,14,15,16,17). The quantitative estimate of drug-likeness (QED) is 0.871. The molecule has 0 unspecified atom stereocenters. The summed E-state index contributed by atoms with van der Waals surface area (Å²) < 4.78 is 18.1. The summed E-state index contributed by atoms with van der Waals surface area (Å²) in [5.74, 6) is 0.767. The van der Waals surface area contributed by atoms with Gasteiger partial charge in [-0.05, 0) is 30.7 Å². The van der Waals surface area contributed by atoms with Gasteiger partial charge in [0, 0.05) is 5.69 Å². The lowest BCUT2D eigenvalue weighted by Gasteiger charge is -2.12. The van der Waals surface area contributed by atoms with Gasteiger partial charge in [-0.25, -0.2) is 14.4 Å². The highest BCUT2D eigenvalue weighted by Crippen LogP contribution is 2.30. The molecule has 0 radical (unpaired) electrons. The maximum atomic E-state index is 13.0. The molecule has 18 heavy (non-hydrogen) atoms. The second kappa shape index (κ2) is 4.87. The van der Waals surface area contributed by atoms with Gasteiger partial charge in [0.15, 0.2) is 11.6 Å². The third kappa shape index (κ3) is 2.32. The van der Waals surface area contributed by atoms with E-state index >= 15 is 0 Å². The molecule has 1 aromatic heterocycles. The second-order valence-electron chi connectivity index (χ2n) is 3.73. The topological polar surface area (TPSA) is 73.1 Å². The molecule has 0 spiro atoms. The van der Waals surface area contributed by atoms with Crippen molar-refractivity contribution < 1.29 is 9.13 Å². The van der Waals surface area contributed by atoms with Crippen LogP contribution in [0.1, 0.15) is 5.56 Å². The molecule has 0 bridgehead atoms. The molecule has 2 aromatic rings. The van der Waals surface area contributed by atoms with Gasteiger partial charge >= 0.3 is 0 Å². The molecule has 0 amide bonds. The molecule has 0 saturated heterocycles. The zero-order valence-corrected chi connectivity index (χ0v) is 10.1. The average Bonchev–Trinajstić information content (AvgIpc) is 2.33. The van der Waals surface area contributed by atoms with Crippen LogP contribution in [-0.2, 0) is 0 Å². The Bertz CT molecular complexity index is 574. The fraction of sp³-hybridized carbons (Fsp3) is 0.167. The summed E-state index contributed by atoms with van der Waals surface area (Å²) in [6.45, 7) is 1.79. The summed E-state index contributed by atoms with van der Waals surface area (Å²) in [6.07, 6.45) is 1.33. The molecule has 1 aromatic carbocycles. The Balaban J connectivity index is 2.37. The van der Waals surface area contributed by atoms with E-state index in [9.17, 15) is 4.39 Å². The van der Waals surface area contributed by atoms with Gasteiger partial charge in [0.25, 0.3) is 0 Å². The van der Waals surface area contributed by atoms with E-state index in [1.165, 1.54) is 25.6 Å². The van der Waals surface area contributed by atoms with Crippen molar-refractivity contribution in [1.82, 2.24) is 9.97 Å². The molecular weight excluding hydrogens is 235 g/mol. The Morgan fingerprint density at radius 1 is 1.33 bits per heavy atom. The lowest BCUT2D eigenvalue weighted by molar-refractivity contribution is 0.415. The number of aromatic nitrogens is 2. The minimum Gasteiger partial charge on any atom is -0.490 e. The molecule has 94 valence electrons. The molecule has 3 N–H and O–H groups in total. The highest BCUT2D eigenvalue weighted by atomic mass is 19.1. The summed E-state index contributed by atoms with van der Waals surface area (Å²) >= 11 is 0. The molecular formula is C12H13FN4O. The zero-order chi connectivity index (χ0) is 13.1. The van der Waals surface area contributed by atoms with Gasteiger partial charge in [0.1, 0.15) is 12.1 Å². The molecule has 2 rings (SSSR count). The number of ether oxygens (including phenoxy) is 1. The highest BCUT2D eigenvalue weighted by molar-refractivity contribution is 5.69. The van der Waals surface area contributed by atoms with Crippen LogP contribution in [0.15, 0.2) is 24.5 Å². The zero-order valence-electron chi connectivity index (χ0n) is 10.1. The van der Waals surface area contributed by atoms with Gasteiger partial charge < -0.3 is 15.8 Å². The number of hydrogen-bond donors (Lipinski definition) is 2. The maximum absolute atomic E-state index is 13.0. The maximum Gasteiger partial charge on any atom is 0.204 e. The van der Waals surface area contributed by atoms with Crippen LogP contribution in [0, 0.1) is 12.7 Å². The Labute approximate surface area is 104 Å². The van der Waals surface area contributed by atoms with Crippen molar-refractivity contribution >= 4 is 17.3 Å². The lowest BCUT2D eigenvalue weighted by Crippen LogP contribution is -2.03. The fourth-order valence-corrected chi connectivity index (χ4v) is 1.57. The van der Waals surface area contributed by atoms with Crippen molar-refractivity contribution in [1.29, 1.82) is 0 Å². The number of halogens is 1.